The summed E-state index contributed by atoms with van der Waals surface area (Å²) in [7, 11) is 0. The van der Waals surface area contributed by atoms with E-state index >= 15 is 0 Å². The number of Topliss-reactive ketones (excluding diaryl/α,β-unsaturated/α-hetero) is 1. The Morgan fingerprint density at radius 2 is 1.80 bits per heavy atom. The molecule has 3 aliphatic rings. The summed E-state index contributed by atoms with van der Waals surface area (Å²) in [6.45, 7) is 8.72. The van der Waals surface area contributed by atoms with E-state index in [1.54, 1.807) is 6.08 Å². The number of carbonyl (C=O) groups is 2. The molecule has 0 N–H and O–H groups in total. The molecule has 0 aromatic carbocycles. The first-order valence-electron chi connectivity index (χ1n) is 7.69. The van der Waals surface area contributed by atoms with Crippen LogP contribution in [0.5, 0.6) is 0 Å². The predicted octanol–water partition coefficient (Wildman–Crippen LogP) is 3.86. The molecule has 3 aliphatic carbocycles. The summed E-state index contributed by atoms with van der Waals surface area (Å²) in [6.07, 6.45) is 9.31. The number of fused-ring (bicyclic) bond motifs is 3. The van der Waals surface area contributed by atoms with Crippen molar-refractivity contribution in [3.63, 3.8) is 0 Å². The third-order valence-electron chi connectivity index (χ3n) is 6.32. The van der Waals surface area contributed by atoms with Crippen LogP contribution in [-0.4, -0.2) is 11.6 Å². The molecule has 2 nitrogen and oxygen atoms in total. The molecule has 2 unspecified atom stereocenters. The zero-order valence-electron chi connectivity index (χ0n) is 13.0. The molecule has 2 fully saturated rings. The topological polar surface area (TPSA) is 34.1 Å². The molecular weight excluding hydrogens is 248 g/mol. The van der Waals surface area contributed by atoms with Gasteiger partial charge in [-0.05, 0) is 42.7 Å². The molecule has 2 saturated carbocycles. The lowest BCUT2D eigenvalue weighted by atomic mass is 9.45. The Balaban J connectivity index is 2.12. The average Bonchev–Trinajstić information content (AvgIpc) is 2.37. The number of hydrogen-bond acceptors (Lipinski definition) is 2. The van der Waals surface area contributed by atoms with Crippen molar-refractivity contribution in [2.75, 3.05) is 0 Å². The van der Waals surface area contributed by atoms with Gasteiger partial charge in [0.15, 0.2) is 5.78 Å². The minimum Gasteiger partial charge on any atom is -0.299 e. The van der Waals surface area contributed by atoms with Gasteiger partial charge in [0.1, 0.15) is 5.78 Å². The number of rotatable bonds is 0. The lowest BCUT2D eigenvalue weighted by Crippen LogP contribution is -2.53. The van der Waals surface area contributed by atoms with Crippen molar-refractivity contribution in [1.29, 1.82) is 0 Å². The standard InChI is InChI=1S/C18H24O2/c1-16(2)13-6-9-17(3)8-5-12(19)11-14(17)18(13,4)10-7-15(16)20/h5,8,11,13H,6-7,9-10H2,1-4H3/t13-,17?,18?/m0/s1. The van der Waals surface area contributed by atoms with Crippen molar-refractivity contribution in [3.8, 4) is 0 Å². The molecule has 20 heavy (non-hydrogen) atoms. The molecule has 0 aliphatic heterocycles. The van der Waals surface area contributed by atoms with E-state index in [1.807, 2.05) is 6.08 Å². The normalized spacial score (nSPS) is 42.8. The Morgan fingerprint density at radius 3 is 2.50 bits per heavy atom. The predicted molar refractivity (Wildman–Crippen MR) is 79.2 cm³/mol. The van der Waals surface area contributed by atoms with Crippen LogP contribution in [0.3, 0.4) is 0 Å². The Morgan fingerprint density at radius 1 is 1.10 bits per heavy atom. The number of carbonyl (C=O) groups excluding carboxylic acids is 2. The lowest BCUT2D eigenvalue weighted by Gasteiger charge is -2.58. The van der Waals surface area contributed by atoms with Gasteiger partial charge in [-0.1, -0.05) is 39.3 Å². The second-order valence-corrected chi connectivity index (χ2v) is 7.86. The number of allylic oxidation sites excluding steroid dienone is 4. The van der Waals surface area contributed by atoms with Gasteiger partial charge in [-0.3, -0.25) is 9.59 Å². The minimum atomic E-state index is -0.265. The Hall–Kier alpha value is -1.18. The maximum Gasteiger partial charge on any atom is 0.178 e. The molecule has 3 rings (SSSR count). The summed E-state index contributed by atoms with van der Waals surface area (Å²) < 4.78 is 0. The minimum absolute atomic E-state index is 0.00910. The van der Waals surface area contributed by atoms with Crippen molar-refractivity contribution < 1.29 is 9.59 Å². The SMILES string of the molecule is CC12C=CC(=O)C=C1C1(C)CCC(=O)C(C)(C)[C@@H]1CC2. The molecule has 0 bridgehead atoms. The third kappa shape index (κ3) is 1.63. The van der Waals surface area contributed by atoms with Crippen molar-refractivity contribution in [2.45, 2.75) is 53.4 Å². The first-order valence-corrected chi connectivity index (χ1v) is 7.69. The summed E-state index contributed by atoms with van der Waals surface area (Å²) >= 11 is 0. The van der Waals surface area contributed by atoms with Crippen molar-refractivity contribution >= 4 is 11.6 Å². The van der Waals surface area contributed by atoms with Crippen molar-refractivity contribution in [1.82, 2.24) is 0 Å². The fourth-order valence-corrected chi connectivity index (χ4v) is 5.05. The van der Waals surface area contributed by atoms with Gasteiger partial charge in [-0.15, -0.1) is 0 Å². The van der Waals surface area contributed by atoms with Gasteiger partial charge in [-0.2, -0.15) is 0 Å². The van der Waals surface area contributed by atoms with Crippen LogP contribution in [0.25, 0.3) is 0 Å². The van der Waals surface area contributed by atoms with Crippen LogP contribution < -0.4 is 0 Å². The van der Waals surface area contributed by atoms with E-state index in [0.717, 1.165) is 19.3 Å². The Kier molecular flexibility index (Phi) is 2.71. The first kappa shape index (κ1) is 13.8. The Bertz CT molecular complexity index is 552. The quantitative estimate of drug-likeness (QED) is 0.671. The fourth-order valence-electron chi connectivity index (χ4n) is 5.05. The fraction of sp³-hybridized carbons (Fsp3) is 0.667. The summed E-state index contributed by atoms with van der Waals surface area (Å²) in [5.41, 5.74) is 1.01. The molecule has 2 heteroatoms. The van der Waals surface area contributed by atoms with Crippen LogP contribution in [0.1, 0.15) is 53.4 Å². The monoisotopic (exact) mass is 272 g/mol. The maximum absolute atomic E-state index is 12.3. The second kappa shape index (κ2) is 3.93. The molecule has 0 spiro atoms. The molecule has 108 valence electrons. The molecule has 0 saturated heterocycles. The van der Waals surface area contributed by atoms with E-state index < -0.39 is 0 Å². The van der Waals surface area contributed by atoms with E-state index in [4.69, 9.17) is 0 Å². The third-order valence-corrected chi connectivity index (χ3v) is 6.32. The molecule has 0 radical (unpaired) electrons. The van der Waals surface area contributed by atoms with Crippen LogP contribution in [0.15, 0.2) is 23.8 Å². The molecule has 0 amide bonds. The summed E-state index contributed by atoms with van der Waals surface area (Å²) in [5, 5.41) is 0. The highest BCUT2D eigenvalue weighted by atomic mass is 16.1. The van der Waals surface area contributed by atoms with Gasteiger partial charge in [0.2, 0.25) is 0 Å². The average molecular weight is 272 g/mol. The summed E-state index contributed by atoms with van der Waals surface area (Å²) in [4.78, 5) is 24.2. The van der Waals surface area contributed by atoms with E-state index in [0.29, 0.717) is 18.1 Å². The van der Waals surface area contributed by atoms with Crippen LogP contribution >= 0.6 is 0 Å². The smallest absolute Gasteiger partial charge is 0.178 e. The molecule has 0 heterocycles. The van der Waals surface area contributed by atoms with Gasteiger partial charge in [0, 0.05) is 17.3 Å². The molecule has 3 atom stereocenters. The van der Waals surface area contributed by atoms with E-state index in [2.05, 4.69) is 33.8 Å². The van der Waals surface area contributed by atoms with Gasteiger partial charge < -0.3 is 0 Å². The van der Waals surface area contributed by atoms with Crippen LogP contribution in [0.2, 0.25) is 0 Å². The van der Waals surface area contributed by atoms with Gasteiger partial charge in [0.25, 0.3) is 0 Å². The summed E-state index contributed by atoms with van der Waals surface area (Å²) in [5.74, 6) is 0.853. The maximum atomic E-state index is 12.3. The highest BCUT2D eigenvalue weighted by Crippen LogP contribution is 2.63. The van der Waals surface area contributed by atoms with Crippen molar-refractivity contribution in [2.24, 2.45) is 22.2 Å². The largest absolute Gasteiger partial charge is 0.299 e. The zero-order chi connectivity index (χ0) is 14.8. The van der Waals surface area contributed by atoms with Crippen LogP contribution in [-0.2, 0) is 9.59 Å². The van der Waals surface area contributed by atoms with E-state index in [-0.39, 0.29) is 22.0 Å². The van der Waals surface area contributed by atoms with Crippen LogP contribution in [0, 0.1) is 22.2 Å². The van der Waals surface area contributed by atoms with Gasteiger partial charge in [0.05, 0.1) is 0 Å². The highest BCUT2D eigenvalue weighted by molar-refractivity contribution is 6.01. The molecular formula is C18H24O2. The molecule has 0 aromatic heterocycles. The van der Waals surface area contributed by atoms with Crippen molar-refractivity contribution in [3.05, 3.63) is 23.8 Å². The highest BCUT2D eigenvalue weighted by Gasteiger charge is 2.57. The Labute approximate surface area is 121 Å². The first-order chi connectivity index (χ1) is 9.20. The number of ketones is 2. The van der Waals surface area contributed by atoms with E-state index in [1.165, 1.54) is 5.57 Å². The lowest BCUT2D eigenvalue weighted by molar-refractivity contribution is -0.140. The van der Waals surface area contributed by atoms with Gasteiger partial charge >= 0.3 is 0 Å². The van der Waals surface area contributed by atoms with Gasteiger partial charge in [-0.25, -0.2) is 0 Å². The number of hydrogen-bond donors (Lipinski definition) is 0. The summed E-state index contributed by atoms with van der Waals surface area (Å²) in [6, 6.07) is 0. The second-order valence-electron chi connectivity index (χ2n) is 7.86. The van der Waals surface area contributed by atoms with E-state index in [9.17, 15) is 9.59 Å². The molecule has 0 aromatic rings. The zero-order valence-corrected chi connectivity index (χ0v) is 13.0. The van der Waals surface area contributed by atoms with Crippen LogP contribution in [0.4, 0.5) is 0 Å².